The Hall–Kier alpha value is 23.0. The molecule has 5 saturated heterocycles. The van der Waals surface area contributed by atoms with Crippen molar-refractivity contribution >= 4 is 0 Å². The van der Waals surface area contributed by atoms with Gasteiger partial charge in [-0.2, -0.15) is 0 Å². The summed E-state index contributed by atoms with van der Waals surface area (Å²) in [5, 5.41) is 169. The van der Waals surface area contributed by atoms with Crippen LogP contribution in [0.1, 0.15) is 6.92 Å². The van der Waals surface area contributed by atoms with Crippen LogP contribution in [0.3, 0.4) is 0 Å². The zero-order chi connectivity index (χ0) is 46.9. The quantitative estimate of drug-likeness (QED) is 0.0724. The van der Waals surface area contributed by atoms with E-state index in [1.807, 2.05) is 0 Å². The van der Waals surface area contributed by atoms with Gasteiger partial charge in [0.25, 0.3) is 0 Å². The van der Waals surface area contributed by atoms with Crippen LogP contribution >= 0.6 is 0 Å². The average molecular weight is 4800 g/mol. The van der Waals surface area contributed by atoms with Crippen molar-refractivity contribution < 1.29 is 883 Å². The third-order valence-corrected chi connectivity index (χ3v) is 12.0. The normalized spacial score (nSPS) is 41.6. The van der Waals surface area contributed by atoms with Crippen LogP contribution in [-0.2, 0) is 52.1 Å². The number of nitrogens with one attached hydrogen (secondary N) is 1. The maximum atomic E-state index is 11.5. The number of aliphatic hydroxyl groups is 16. The predicted octanol–water partition coefficient (Wildman–Crippen LogP) is -10.2. The topological polar surface area (TPSA) is 449 Å². The number of hydrogen-bond acceptors (Lipinski definition) is 27. The van der Waals surface area contributed by atoms with Crippen LogP contribution in [0.4, 0.5) is 0 Å². The molecule has 17 radical (unpaired) electrons. The zero-order valence-corrected chi connectivity index (χ0v) is 124. The molecule has 28 nitrogen and oxygen atoms in total. The number of hydrogen-bond donors (Lipinski definition) is 16. The Kier molecular flexibility index (Phi) is 110. The molecule has 0 aromatic carbocycles. The Morgan fingerprint density at radius 3 is 1.16 bits per heavy atom. The van der Waals surface area contributed by atoms with Gasteiger partial charge in [-0.25, -0.2) is 0 Å². The average Bonchev–Trinajstić information content (AvgIpc) is 3.28. The van der Waals surface area contributed by atoms with Crippen LogP contribution in [0, 0.1) is 749 Å². The van der Waals surface area contributed by atoms with Gasteiger partial charge in [-0.3, -0.25) is 0 Å². The summed E-state index contributed by atoms with van der Waals surface area (Å²) in [6.07, 6.45) is -45.0. The summed E-state index contributed by atoms with van der Waals surface area (Å²) in [6.45, 7) is -3.04. The van der Waals surface area contributed by atoms with Crippen LogP contribution < -0.4 is 0 Å². The predicted molar refractivity (Wildman–Crippen MR) is 197 cm³/mol. The first-order chi connectivity index (χ1) is 30.4. The smallest absolute Gasteiger partial charge is 0.187 e. The van der Waals surface area contributed by atoms with Crippen LogP contribution in [0.25, 0.3) is 5.73 Å². The zero-order valence-electron chi connectivity index (χ0n) is 43.8. The van der Waals surface area contributed by atoms with E-state index in [9.17, 15) is 81.7 Å². The van der Waals surface area contributed by atoms with Gasteiger partial charge < -0.3 is 140 Å². The maximum Gasteiger partial charge on any atom is 0.187 e. The van der Waals surface area contributed by atoms with E-state index in [1.54, 1.807) is 0 Å². The van der Waals surface area contributed by atoms with Crippen molar-refractivity contribution in [2.24, 2.45) is 0 Å². The molecule has 0 amide bonds. The first kappa shape index (κ1) is 130. The number of ether oxygens (including phenoxy) is 11. The molecule has 6 aliphatic heterocycles. The molecule has 0 bridgehead atoms. The van der Waals surface area contributed by atoms with Gasteiger partial charge in [0.05, 0.1) is 51.5 Å². The van der Waals surface area contributed by atoms with E-state index in [0.29, 0.717) is 0 Å². The van der Waals surface area contributed by atoms with Crippen LogP contribution in [0.15, 0.2) is 12.3 Å². The van der Waals surface area contributed by atoms with E-state index in [0.717, 1.165) is 6.26 Å². The van der Waals surface area contributed by atoms with E-state index in [4.69, 9.17) is 57.8 Å². The van der Waals surface area contributed by atoms with Gasteiger partial charge in [-0.15, -0.1) is 0 Å². The molecule has 0 aromatic heterocycles. The second-order valence-corrected chi connectivity index (χ2v) is 16.2. The first-order valence-corrected chi connectivity index (χ1v) is 20.5. The van der Waals surface area contributed by atoms with Crippen molar-refractivity contribution in [1.29, 1.82) is 0 Å². The molecule has 0 aliphatic carbocycles. The van der Waals surface area contributed by atoms with E-state index < -0.39 is 205 Å². The Morgan fingerprint density at radius 1 is 0.321 bits per heavy atom. The fraction of sp³-hybridized carbons (Fsp3) is 0.944. The molecule has 423 valence electrons. The molecule has 6 rings (SSSR count). The van der Waals surface area contributed by atoms with E-state index in [2.05, 4.69) is 0 Å². The van der Waals surface area contributed by atoms with Gasteiger partial charge in [-0.05, 0) is 13.0 Å². The minimum atomic E-state index is -2.13. The molecular formula is C36H60Ac17NO27-. The fourth-order valence-corrected chi connectivity index (χ4v) is 8.17. The van der Waals surface area contributed by atoms with Crippen LogP contribution in [0.2, 0.25) is 0 Å². The summed E-state index contributed by atoms with van der Waals surface area (Å²) in [5.74, 6) is 0. The van der Waals surface area contributed by atoms with Gasteiger partial charge >= 0.3 is 0 Å². The minimum Gasteiger partial charge on any atom is -0.668 e. The van der Waals surface area contributed by atoms with Gasteiger partial charge in [0.1, 0.15) is 128 Å². The Balaban J connectivity index is -0.000000280. The molecule has 6 heterocycles. The summed E-state index contributed by atoms with van der Waals surface area (Å²) >= 11 is 0. The Morgan fingerprint density at radius 2 is 0.667 bits per heavy atom. The standard InChI is InChI=1S/C36H60NO27.17Ac/c1-9-17(44)21(48)24(51)33(55-9)64-31-22(49)18(45)11(4-38)58-36(31)62-29-16(37)32(56-12(5-39)19(29)46)63-30-20(47)13(6-40)57-35(26(30)53)61-28-15(8-42)59-34(25(52)23(28)50)60-27-10(43)2-3-54-14(27)7-41;;;;;;;;;;;;;;;;;/h2-3,9-53H,4-8H2,1H3;;;;;;;;;;;;;;;;;/q-1;;;;;;;;;;;;;;;;;/t9?,10?,11?,12?,13?,14?,15?,16?,17-,18-,19-,20-,21?,22?,23?,24?,25?,26?,27-,28-,29?,30?,31?,32?,33-,34-,35+,36-;;;;;;;;;;;;;;;;;/m0................./s1. The SMILES string of the molecule is CC1O[C@@H](OC2C(O)[C@@H](O)C(CO)O[C@H]2OC2C([NH-])C(OC3C(O)[C@@H](O[C@H]4C(CO)O[C@@H](O[C@H]5C(O)C=COC5CO)C(O)C4O)OC(CO)[C@@H]3O)OC(CO)[C@@H]2O)C(O)C(O)[C@H]1O.[Ac].[Ac].[Ac].[Ac].[Ac].[Ac].[Ac].[Ac].[Ac].[Ac].[Ac].[Ac].[Ac].[Ac].[Ac].[Ac].[Ac]. The van der Waals surface area contributed by atoms with Crippen molar-refractivity contribution in [3.8, 4) is 0 Å². The van der Waals surface area contributed by atoms with Crippen molar-refractivity contribution in [2.45, 2.75) is 179 Å². The monoisotopic (exact) mass is 4800 g/mol. The summed E-state index contributed by atoms with van der Waals surface area (Å²) in [7, 11) is 0. The van der Waals surface area contributed by atoms with E-state index in [-0.39, 0.29) is 749 Å². The molecule has 81 heavy (non-hydrogen) atoms. The molecular weight excluding hydrogens is 4740 g/mol. The molecule has 6 aliphatic rings. The van der Waals surface area contributed by atoms with Gasteiger partial charge in [0.2, 0.25) is 0 Å². The van der Waals surface area contributed by atoms with Crippen LogP contribution in [-0.4, -0.2) is 287 Å². The first-order valence-electron chi connectivity index (χ1n) is 20.5. The maximum absolute atomic E-state index is 11.5. The van der Waals surface area contributed by atoms with Gasteiger partial charge in [0, 0.05) is 749 Å². The Labute approximate surface area is 1080 Å². The summed E-state index contributed by atoms with van der Waals surface area (Å²) in [6, 6.07) is -1.95. The van der Waals surface area contributed by atoms with Gasteiger partial charge in [-0.1, -0.05) is 6.04 Å². The largest absolute Gasteiger partial charge is 0.668 e. The van der Waals surface area contributed by atoms with E-state index in [1.165, 1.54) is 13.0 Å². The second-order valence-electron chi connectivity index (χ2n) is 16.2. The summed E-state index contributed by atoms with van der Waals surface area (Å²) < 4.78 is 62.0. The molecule has 0 aromatic rings. The molecule has 5 fully saturated rings. The summed E-state index contributed by atoms with van der Waals surface area (Å²) in [4.78, 5) is 0. The molecule has 45 heteroatoms. The third kappa shape index (κ3) is 37.7. The molecule has 0 spiro atoms. The second kappa shape index (κ2) is 68.6. The summed E-state index contributed by atoms with van der Waals surface area (Å²) in [5.41, 5.74) is 9.03. The van der Waals surface area contributed by atoms with Gasteiger partial charge in [0.15, 0.2) is 25.2 Å². The number of rotatable bonds is 15. The molecule has 0 saturated carbocycles. The molecule has 17 N–H and O–H groups in total. The molecule has 28 atom stereocenters. The van der Waals surface area contributed by atoms with Crippen molar-refractivity contribution in [1.82, 2.24) is 0 Å². The van der Waals surface area contributed by atoms with Crippen molar-refractivity contribution in [3.05, 3.63) is 18.1 Å². The van der Waals surface area contributed by atoms with Crippen molar-refractivity contribution in [3.63, 3.8) is 0 Å². The Bertz CT molecular complexity index is 1530. The number of aliphatic hydroxyl groups excluding tert-OH is 16. The van der Waals surface area contributed by atoms with Crippen molar-refractivity contribution in [2.75, 3.05) is 33.0 Å². The third-order valence-electron chi connectivity index (χ3n) is 12.0. The van der Waals surface area contributed by atoms with E-state index >= 15 is 0 Å². The molecule has 18 unspecified atom stereocenters. The van der Waals surface area contributed by atoms with Crippen LogP contribution in [0.5, 0.6) is 0 Å². The fourth-order valence-electron chi connectivity index (χ4n) is 8.17. The minimum absolute atomic E-state index is 0.